The number of ketones is 1. The summed E-state index contributed by atoms with van der Waals surface area (Å²) in [5.74, 6) is -2.09. The molecule has 0 N–H and O–H groups in total. The predicted octanol–water partition coefficient (Wildman–Crippen LogP) is -0.277. The van der Waals surface area contributed by atoms with Crippen molar-refractivity contribution in [1.29, 1.82) is 0 Å². The normalized spacial score (nSPS) is 31.6. The van der Waals surface area contributed by atoms with Gasteiger partial charge in [-0.3, -0.25) is 4.79 Å². The molecular weight excluding hydrogens is 188 g/mol. The third-order valence-electron chi connectivity index (χ3n) is 2.19. The quantitative estimate of drug-likeness (QED) is 0.356. The van der Waals surface area contributed by atoms with E-state index in [0.29, 0.717) is 6.29 Å². The molecule has 0 aromatic carbocycles. The highest BCUT2D eigenvalue weighted by Crippen LogP contribution is 2.26. The fraction of sp³-hybridized carbons (Fsp3) is 0.667. The van der Waals surface area contributed by atoms with Gasteiger partial charge in [0.15, 0.2) is 5.78 Å². The zero-order chi connectivity index (χ0) is 10.8. The average molecular weight is 200 g/mol. The zero-order valence-electron chi connectivity index (χ0n) is 8.11. The van der Waals surface area contributed by atoms with E-state index in [4.69, 9.17) is 9.47 Å². The monoisotopic (exact) mass is 200 g/mol. The van der Waals surface area contributed by atoms with Crippen molar-refractivity contribution in [2.75, 3.05) is 13.2 Å². The molecule has 5 nitrogen and oxygen atoms in total. The fourth-order valence-corrected chi connectivity index (χ4v) is 1.29. The van der Waals surface area contributed by atoms with E-state index in [9.17, 15) is 14.4 Å². The SMILES string of the molecule is CCOC(=O)C1(C)OCC(C=O)C1=O. The predicted molar refractivity (Wildman–Crippen MR) is 45.6 cm³/mol. The number of carbonyl (C=O) groups excluding carboxylic acids is 3. The van der Waals surface area contributed by atoms with Crippen molar-refractivity contribution in [2.24, 2.45) is 5.92 Å². The third-order valence-corrected chi connectivity index (χ3v) is 2.19. The lowest BCUT2D eigenvalue weighted by molar-refractivity contribution is -0.167. The molecule has 1 saturated heterocycles. The van der Waals surface area contributed by atoms with Gasteiger partial charge in [-0.25, -0.2) is 4.79 Å². The molecule has 0 bridgehead atoms. The summed E-state index contributed by atoms with van der Waals surface area (Å²) in [6.45, 7) is 3.10. The Morgan fingerprint density at radius 1 is 1.79 bits per heavy atom. The van der Waals surface area contributed by atoms with Crippen molar-refractivity contribution >= 4 is 18.0 Å². The van der Waals surface area contributed by atoms with E-state index < -0.39 is 23.3 Å². The van der Waals surface area contributed by atoms with E-state index in [0.717, 1.165) is 0 Å². The molecule has 1 aliphatic heterocycles. The van der Waals surface area contributed by atoms with Crippen LogP contribution in [0.15, 0.2) is 0 Å². The van der Waals surface area contributed by atoms with Crippen molar-refractivity contribution in [3.63, 3.8) is 0 Å². The highest BCUT2D eigenvalue weighted by atomic mass is 16.6. The van der Waals surface area contributed by atoms with Crippen molar-refractivity contribution in [1.82, 2.24) is 0 Å². The fourth-order valence-electron chi connectivity index (χ4n) is 1.29. The van der Waals surface area contributed by atoms with Crippen LogP contribution in [-0.2, 0) is 23.9 Å². The summed E-state index contributed by atoms with van der Waals surface area (Å²) < 4.78 is 9.71. The first kappa shape index (κ1) is 10.8. The van der Waals surface area contributed by atoms with Gasteiger partial charge in [-0.15, -0.1) is 0 Å². The number of rotatable bonds is 3. The Labute approximate surface area is 81.4 Å². The highest BCUT2D eigenvalue weighted by Gasteiger charge is 2.52. The van der Waals surface area contributed by atoms with Crippen molar-refractivity contribution in [3.8, 4) is 0 Å². The first-order valence-corrected chi connectivity index (χ1v) is 4.37. The van der Waals surface area contributed by atoms with E-state index in [2.05, 4.69) is 0 Å². The van der Waals surface area contributed by atoms with Gasteiger partial charge in [-0.2, -0.15) is 0 Å². The van der Waals surface area contributed by atoms with E-state index in [1.165, 1.54) is 6.92 Å². The first-order valence-electron chi connectivity index (χ1n) is 4.37. The molecule has 5 heteroatoms. The van der Waals surface area contributed by atoms with Gasteiger partial charge in [-0.1, -0.05) is 0 Å². The van der Waals surface area contributed by atoms with Crippen molar-refractivity contribution in [3.05, 3.63) is 0 Å². The standard InChI is InChI=1S/C9H12O5/c1-3-13-8(12)9(2)7(11)6(4-10)5-14-9/h4,6H,3,5H2,1-2H3. The number of hydrogen-bond acceptors (Lipinski definition) is 5. The molecule has 0 aromatic heterocycles. The molecule has 14 heavy (non-hydrogen) atoms. The number of Topliss-reactive ketones (excluding diaryl/α,β-unsaturated/α-hetero) is 1. The minimum Gasteiger partial charge on any atom is -0.464 e. The Bertz CT molecular complexity index is 272. The maximum Gasteiger partial charge on any atom is 0.345 e. The maximum atomic E-state index is 11.5. The molecule has 0 spiro atoms. The van der Waals surface area contributed by atoms with Gasteiger partial charge in [0.25, 0.3) is 0 Å². The molecule has 0 amide bonds. The van der Waals surface area contributed by atoms with Crippen LogP contribution in [0.5, 0.6) is 0 Å². The van der Waals surface area contributed by atoms with Crippen LogP contribution in [0, 0.1) is 5.92 Å². The van der Waals surface area contributed by atoms with E-state index in [1.807, 2.05) is 0 Å². The van der Waals surface area contributed by atoms with Gasteiger partial charge in [0.2, 0.25) is 5.60 Å². The number of aldehydes is 1. The lowest BCUT2D eigenvalue weighted by Gasteiger charge is -2.18. The Morgan fingerprint density at radius 2 is 2.43 bits per heavy atom. The van der Waals surface area contributed by atoms with Gasteiger partial charge in [0, 0.05) is 0 Å². The minimum atomic E-state index is -1.60. The molecule has 1 aliphatic rings. The Balaban J connectivity index is 2.81. The molecular formula is C9H12O5. The maximum absolute atomic E-state index is 11.5. The Hall–Kier alpha value is -1.23. The lowest BCUT2D eigenvalue weighted by atomic mass is 9.95. The lowest BCUT2D eigenvalue weighted by Crippen LogP contribution is -2.44. The van der Waals surface area contributed by atoms with Gasteiger partial charge < -0.3 is 14.3 Å². The summed E-state index contributed by atoms with van der Waals surface area (Å²) in [6.07, 6.45) is 0.493. The van der Waals surface area contributed by atoms with Crippen LogP contribution in [0.25, 0.3) is 0 Å². The highest BCUT2D eigenvalue weighted by molar-refractivity contribution is 6.13. The largest absolute Gasteiger partial charge is 0.464 e. The van der Waals surface area contributed by atoms with Gasteiger partial charge >= 0.3 is 5.97 Å². The minimum absolute atomic E-state index is 0.0440. The molecule has 0 aliphatic carbocycles. The summed E-state index contributed by atoms with van der Waals surface area (Å²) in [5, 5.41) is 0. The van der Waals surface area contributed by atoms with Crippen LogP contribution in [0.3, 0.4) is 0 Å². The van der Waals surface area contributed by atoms with Crippen LogP contribution >= 0.6 is 0 Å². The number of carbonyl (C=O) groups is 3. The second kappa shape index (κ2) is 3.88. The summed E-state index contributed by atoms with van der Waals surface area (Å²) in [4.78, 5) is 33.3. The Kier molecular flexibility index (Phi) is 3.00. The molecule has 1 rings (SSSR count). The molecule has 1 heterocycles. The second-order valence-corrected chi connectivity index (χ2v) is 3.17. The smallest absolute Gasteiger partial charge is 0.345 e. The van der Waals surface area contributed by atoms with Crippen molar-refractivity contribution in [2.45, 2.75) is 19.4 Å². The first-order chi connectivity index (χ1) is 6.56. The summed E-state index contributed by atoms with van der Waals surface area (Å²) in [5.41, 5.74) is -1.60. The van der Waals surface area contributed by atoms with Crippen LogP contribution in [0.1, 0.15) is 13.8 Å². The van der Waals surface area contributed by atoms with Crippen LogP contribution in [-0.4, -0.2) is 36.9 Å². The van der Waals surface area contributed by atoms with Crippen LogP contribution in [0.2, 0.25) is 0 Å². The summed E-state index contributed by atoms with van der Waals surface area (Å²) in [7, 11) is 0. The van der Waals surface area contributed by atoms with Gasteiger partial charge in [0.05, 0.1) is 13.2 Å². The average Bonchev–Trinajstić information content (AvgIpc) is 2.45. The van der Waals surface area contributed by atoms with Gasteiger partial charge in [0.1, 0.15) is 12.2 Å². The van der Waals surface area contributed by atoms with Crippen LogP contribution < -0.4 is 0 Å². The second-order valence-electron chi connectivity index (χ2n) is 3.17. The van der Waals surface area contributed by atoms with Crippen LogP contribution in [0.4, 0.5) is 0 Å². The third kappa shape index (κ3) is 1.55. The molecule has 0 aromatic rings. The molecule has 0 saturated carbocycles. The number of ether oxygens (including phenoxy) is 2. The molecule has 2 atom stereocenters. The van der Waals surface area contributed by atoms with Gasteiger partial charge in [-0.05, 0) is 13.8 Å². The Morgan fingerprint density at radius 3 is 2.86 bits per heavy atom. The number of esters is 1. The zero-order valence-corrected chi connectivity index (χ0v) is 8.11. The summed E-state index contributed by atoms with van der Waals surface area (Å²) >= 11 is 0. The number of hydrogen-bond donors (Lipinski definition) is 0. The van der Waals surface area contributed by atoms with E-state index in [1.54, 1.807) is 6.92 Å². The van der Waals surface area contributed by atoms with Crippen molar-refractivity contribution < 1.29 is 23.9 Å². The summed E-state index contributed by atoms with van der Waals surface area (Å²) in [6, 6.07) is 0. The molecule has 78 valence electrons. The molecule has 0 radical (unpaired) electrons. The molecule has 2 unspecified atom stereocenters. The van der Waals surface area contributed by atoms with E-state index in [-0.39, 0.29) is 13.2 Å². The van der Waals surface area contributed by atoms with E-state index >= 15 is 0 Å². The topological polar surface area (TPSA) is 69.7 Å². The molecule has 1 fully saturated rings.